The van der Waals surface area contributed by atoms with Crippen LogP contribution in [0.4, 0.5) is 15.2 Å². The second-order valence-electron chi connectivity index (χ2n) is 5.35. The molecule has 1 aromatic carbocycles. The summed E-state index contributed by atoms with van der Waals surface area (Å²) in [5.41, 5.74) is 1.77. The van der Waals surface area contributed by atoms with Crippen molar-refractivity contribution >= 4 is 17.7 Å². The molecule has 1 aliphatic heterocycles. The van der Waals surface area contributed by atoms with E-state index in [2.05, 4.69) is 15.5 Å². The Labute approximate surface area is 137 Å². The first kappa shape index (κ1) is 16.0. The molecule has 1 aromatic heterocycles. The smallest absolute Gasteiger partial charge is 0.407 e. The molecule has 0 aliphatic carbocycles. The van der Waals surface area contributed by atoms with Crippen molar-refractivity contribution in [3.8, 4) is 11.5 Å². The molecule has 1 aliphatic rings. The van der Waals surface area contributed by atoms with Gasteiger partial charge in [0.05, 0.1) is 0 Å². The zero-order valence-corrected chi connectivity index (χ0v) is 13.1. The van der Waals surface area contributed by atoms with E-state index in [-0.39, 0.29) is 12.4 Å². The monoisotopic (exact) mass is 332 g/mol. The first-order valence-electron chi connectivity index (χ1n) is 7.63. The van der Waals surface area contributed by atoms with E-state index < -0.39 is 11.9 Å². The zero-order chi connectivity index (χ0) is 17.1. The molecule has 1 amide bonds. The highest BCUT2D eigenvalue weighted by Gasteiger charge is 2.19. The summed E-state index contributed by atoms with van der Waals surface area (Å²) < 4.78 is 19.9. The summed E-state index contributed by atoms with van der Waals surface area (Å²) in [6.45, 7) is 3.18. The number of carbonyl (C=O) groups is 1. The van der Waals surface area contributed by atoms with Crippen molar-refractivity contribution in [2.45, 2.75) is 13.3 Å². The van der Waals surface area contributed by atoms with Crippen molar-refractivity contribution in [1.29, 1.82) is 0 Å². The Balaban J connectivity index is 1.81. The van der Waals surface area contributed by atoms with Crippen LogP contribution in [-0.4, -0.2) is 45.9 Å². The average Bonchev–Trinajstić information content (AvgIpc) is 3.04. The third-order valence-corrected chi connectivity index (χ3v) is 3.79. The maximum Gasteiger partial charge on any atom is 0.407 e. The third kappa shape index (κ3) is 3.22. The van der Waals surface area contributed by atoms with E-state index in [9.17, 15) is 9.18 Å². The minimum Gasteiger partial charge on any atom is -0.465 e. The fourth-order valence-corrected chi connectivity index (χ4v) is 2.56. The van der Waals surface area contributed by atoms with E-state index in [0.29, 0.717) is 36.7 Å². The molecule has 8 heteroatoms. The summed E-state index contributed by atoms with van der Waals surface area (Å²) >= 11 is 0. The summed E-state index contributed by atoms with van der Waals surface area (Å²) in [5, 5.41) is 19.6. The molecule has 24 heavy (non-hydrogen) atoms. The molecule has 0 atom stereocenters. The van der Waals surface area contributed by atoms with E-state index in [1.807, 2.05) is 6.92 Å². The van der Waals surface area contributed by atoms with Gasteiger partial charge < -0.3 is 19.7 Å². The minimum atomic E-state index is -0.964. The minimum absolute atomic E-state index is 0.242. The molecule has 2 heterocycles. The van der Waals surface area contributed by atoms with Gasteiger partial charge in [-0.1, -0.05) is 17.2 Å². The molecule has 0 spiro atoms. The van der Waals surface area contributed by atoms with Gasteiger partial charge in [-0.3, -0.25) is 0 Å². The molecule has 0 unspecified atom stereocenters. The molecule has 7 nitrogen and oxygen atoms in total. The van der Waals surface area contributed by atoms with Crippen LogP contribution in [0.25, 0.3) is 17.0 Å². The number of aromatic nitrogens is 2. The van der Waals surface area contributed by atoms with Crippen molar-refractivity contribution in [3.63, 3.8) is 0 Å². The van der Waals surface area contributed by atoms with E-state index >= 15 is 0 Å². The van der Waals surface area contributed by atoms with Gasteiger partial charge in [0, 0.05) is 30.8 Å². The van der Waals surface area contributed by atoms with Crippen LogP contribution in [0.1, 0.15) is 18.9 Å². The Morgan fingerprint density at radius 1 is 1.46 bits per heavy atom. The molecule has 0 fully saturated rings. The van der Waals surface area contributed by atoms with Gasteiger partial charge in [0.25, 0.3) is 0 Å². The Hall–Kier alpha value is -2.90. The van der Waals surface area contributed by atoms with Gasteiger partial charge in [0.15, 0.2) is 0 Å². The Morgan fingerprint density at radius 2 is 2.29 bits per heavy atom. The first-order chi connectivity index (χ1) is 11.6. The normalized spacial score (nSPS) is 14.4. The second kappa shape index (κ2) is 6.69. The molecule has 2 N–H and O–H groups in total. The number of rotatable bonds is 4. The van der Waals surface area contributed by atoms with Crippen LogP contribution in [-0.2, 0) is 0 Å². The maximum absolute atomic E-state index is 14.5. The lowest BCUT2D eigenvalue weighted by Gasteiger charge is -2.24. The van der Waals surface area contributed by atoms with Crippen LogP contribution in [0.3, 0.4) is 0 Å². The Morgan fingerprint density at radius 3 is 2.92 bits per heavy atom. The average molecular weight is 332 g/mol. The predicted octanol–water partition coefficient (Wildman–Crippen LogP) is 3.07. The number of carboxylic acid groups (broad SMARTS) is 1. The lowest BCUT2D eigenvalue weighted by atomic mass is 9.98. The summed E-state index contributed by atoms with van der Waals surface area (Å²) in [4.78, 5) is 12.2. The highest BCUT2D eigenvalue weighted by Crippen LogP contribution is 2.28. The first-order valence-corrected chi connectivity index (χ1v) is 7.63. The van der Waals surface area contributed by atoms with Crippen LogP contribution < -0.4 is 5.32 Å². The van der Waals surface area contributed by atoms with Gasteiger partial charge in [-0.2, -0.15) is 0 Å². The molecule has 126 valence electrons. The van der Waals surface area contributed by atoms with Gasteiger partial charge in [-0.05, 0) is 31.1 Å². The number of nitrogens with one attached hydrogen (secondary N) is 1. The highest BCUT2D eigenvalue weighted by atomic mass is 19.1. The van der Waals surface area contributed by atoms with Gasteiger partial charge >= 0.3 is 12.1 Å². The van der Waals surface area contributed by atoms with Crippen molar-refractivity contribution in [2.24, 2.45) is 0 Å². The van der Waals surface area contributed by atoms with Crippen molar-refractivity contribution in [2.75, 3.05) is 25.0 Å². The summed E-state index contributed by atoms with van der Waals surface area (Å²) in [7, 11) is 0. The van der Waals surface area contributed by atoms with Crippen LogP contribution >= 0.6 is 0 Å². The van der Waals surface area contributed by atoms with Gasteiger partial charge in [0.1, 0.15) is 5.82 Å². The molecule has 0 saturated carbocycles. The highest BCUT2D eigenvalue weighted by molar-refractivity contribution is 5.72. The SMILES string of the molecule is CCNc1nnc(-c2ccc(C3=CCN(C(=O)O)CC3)c(F)c2)o1. The zero-order valence-electron chi connectivity index (χ0n) is 13.1. The van der Waals surface area contributed by atoms with Crippen LogP contribution in [0.5, 0.6) is 0 Å². The predicted molar refractivity (Wildman–Crippen MR) is 86.0 cm³/mol. The quantitative estimate of drug-likeness (QED) is 0.894. The number of nitrogens with zero attached hydrogens (tertiary/aromatic N) is 3. The number of amides is 1. The van der Waals surface area contributed by atoms with Crippen LogP contribution in [0, 0.1) is 5.82 Å². The second-order valence-corrected chi connectivity index (χ2v) is 5.35. The van der Waals surface area contributed by atoms with Crippen LogP contribution in [0.15, 0.2) is 28.7 Å². The molecule has 0 saturated heterocycles. The summed E-state index contributed by atoms with van der Waals surface area (Å²) in [6, 6.07) is 5.01. The van der Waals surface area contributed by atoms with Crippen molar-refractivity contribution in [1.82, 2.24) is 15.1 Å². The topological polar surface area (TPSA) is 91.5 Å². The van der Waals surface area contributed by atoms with Crippen molar-refractivity contribution in [3.05, 3.63) is 35.7 Å². The largest absolute Gasteiger partial charge is 0.465 e. The van der Waals surface area contributed by atoms with Gasteiger partial charge in [-0.15, -0.1) is 5.10 Å². The van der Waals surface area contributed by atoms with E-state index in [1.54, 1.807) is 18.2 Å². The van der Waals surface area contributed by atoms with E-state index in [0.717, 1.165) is 5.57 Å². The molecular formula is C16H17FN4O3. The molecule has 3 rings (SSSR count). The molecule has 0 bridgehead atoms. The number of hydrogen-bond acceptors (Lipinski definition) is 5. The number of hydrogen-bond donors (Lipinski definition) is 2. The Bertz CT molecular complexity index is 787. The fraction of sp³-hybridized carbons (Fsp3) is 0.312. The molecule has 0 radical (unpaired) electrons. The summed E-state index contributed by atoms with van der Waals surface area (Å²) in [6.07, 6.45) is 1.26. The van der Waals surface area contributed by atoms with E-state index in [1.165, 1.54) is 11.0 Å². The number of benzene rings is 1. The van der Waals surface area contributed by atoms with Crippen LogP contribution in [0.2, 0.25) is 0 Å². The van der Waals surface area contributed by atoms with Gasteiger partial charge in [-0.25, -0.2) is 9.18 Å². The third-order valence-electron chi connectivity index (χ3n) is 3.79. The lowest BCUT2D eigenvalue weighted by Crippen LogP contribution is -2.33. The number of anilines is 1. The maximum atomic E-state index is 14.5. The van der Waals surface area contributed by atoms with Gasteiger partial charge in [0.2, 0.25) is 5.89 Å². The van der Waals surface area contributed by atoms with Crippen molar-refractivity contribution < 1.29 is 18.7 Å². The van der Waals surface area contributed by atoms with E-state index in [4.69, 9.17) is 9.52 Å². The standard InChI is InChI=1S/C16H17FN4O3/c1-2-18-15-20-19-14(24-15)11-3-4-12(13(17)9-11)10-5-7-21(8-6-10)16(22)23/h3-5,9H,2,6-8H2,1H3,(H,18,20)(H,22,23). The molecular weight excluding hydrogens is 315 g/mol. The molecule has 2 aromatic rings. The lowest BCUT2D eigenvalue weighted by molar-refractivity contribution is 0.150. The number of halogens is 1. The Kier molecular flexibility index (Phi) is 4.45. The summed E-state index contributed by atoms with van der Waals surface area (Å²) in [5.74, 6) is -0.156. The fourth-order valence-electron chi connectivity index (χ4n) is 2.56.